The van der Waals surface area contributed by atoms with Crippen LogP contribution in [-0.2, 0) is 24.9 Å². The van der Waals surface area contributed by atoms with Gasteiger partial charge in [0.15, 0.2) is 0 Å². The lowest BCUT2D eigenvalue weighted by Crippen LogP contribution is -2.37. The van der Waals surface area contributed by atoms with Crippen LogP contribution in [0.2, 0.25) is 0 Å². The maximum atomic E-state index is 14.3. The molecule has 0 saturated heterocycles. The first-order valence-electron chi connectivity index (χ1n) is 6.95. The van der Waals surface area contributed by atoms with Gasteiger partial charge in [-0.1, -0.05) is 0 Å². The van der Waals surface area contributed by atoms with Gasteiger partial charge in [0.05, 0.1) is 16.5 Å². The second kappa shape index (κ2) is 6.58. The molecule has 2 rings (SSSR count). The van der Waals surface area contributed by atoms with E-state index in [9.17, 15) is 31.4 Å². The predicted molar refractivity (Wildman–Crippen MR) is 84.4 cm³/mol. The van der Waals surface area contributed by atoms with Crippen molar-refractivity contribution in [3.05, 3.63) is 50.4 Å². The molecule has 0 bridgehead atoms. The Morgan fingerprint density at radius 2 is 1.68 bits per heavy atom. The van der Waals surface area contributed by atoms with Crippen LogP contribution in [0.15, 0.2) is 32.7 Å². The molecule has 1 atom stereocenters. The highest BCUT2D eigenvalue weighted by molar-refractivity contribution is 7.85. The fourth-order valence-electron chi connectivity index (χ4n) is 2.31. The van der Waals surface area contributed by atoms with Gasteiger partial charge in [0, 0.05) is 30.6 Å². The minimum Gasteiger partial charge on any atom is -0.296 e. The van der Waals surface area contributed by atoms with Crippen molar-refractivity contribution in [1.82, 2.24) is 9.13 Å². The van der Waals surface area contributed by atoms with Crippen LogP contribution in [-0.4, -0.2) is 25.3 Å². The number of nitrogens with zero attached hydrogens (tertiary/aromatic N) is 2. The van der Waals surface area contributed by atoms with Gasteiger partial charge >= 0.3 is 11.9 Å². The van der Waals surface area contributed by atoms with Gasteiger partial charge in [0.1, 0.15) is 11.6 Å². The van der Waals surface area contributed by atoms with Crippen molar-refractivity contribution in [3.63, 3.8) is 0 Å². The molecule has 1 aromatic carbocycles. The Balaban J connectivity index is 2.69. The van der Waals surface area contributed by atoms with Crippen molar-refractivity contribution in [2.24, 2.45) is 14.1 Å². The van der Waals surface area contributed by atoms with E-state index in [0.29, 0.717) is 0 Å². The minimum atomic E-state index is -4.65. The first kappa shape index (κ1) is 19.1. The van der Waals surface area contributed by atoms with Gasteiger partial charge in [-0.25, -0.2) is 9.18 Å². The molecule has 136 valence electrons. The van der Waals surface area contributed by atoms with Crippen molar-refractivity contribution in [2.45, 2.75) is 18.0 Å². The SMILES string of the molecule is Cc1cc(F)c(-c2cc(=O)n(C)c(=O)n2C)cc1S(=O)CC(F)(F)F. The summed E-state index contributed by atoms with van der Waals surface area (Å²) in [6, 6.07) is 2.91. The molecule has 0 spiro atoms. The number of rotatable bonds is 3. The van der Waals surface area contributed by atoms with Crippen molar-refractivity contribution >= 4 is 10.8 Å². The van der Waals surface area contributed by atoms with E-state index in [0.717, 1.165) is 27.3 Å². The van der Waals surface area contributed by atoms with E-state index < -0.39 is 39.8 Å². The lowest BCUT2D eigenvalue weighted by molar-refractivity contribution is -0.105. The van der Waals surface area contributed by atoms with Crippen molar-refractivity contribution in [2.75, 3.05) is 5.75 Å². The Kier molecular flexibility index (Phi) is 5.03. The van der Waals surface area contributed by atoms with Gasteiger partial charge in [-0.2, -0.15) is 13.2 Å². The van der Waals surface area contributed by atoms with Crippen LogP contribution in [0.25, 0.3) is 11.3 Å². The molecular weight excluding hydrogens is 364 g/mol. The maximum absolute atomic E-state index is 14.3. The number of hydrogen-bond acceptors (Lipinski definition) is 3. The zero-order valence-electron chi connectivity index (χ0n) is 13.5. The van der Waals surface area contributed by atoms with Gasteiger partial charge < -0.3 is 0 Å². The Labute approximate surface area is 142 Å². The maximum Gasteiger partial charge on any atom is 0.400 e. The molecule has 2 aromatic rings. The summed E-state index contributed by atoms with van der Waals surface area (Å²) in [6.45, 7) is 1.33. The molecule has 0 aliphatic rings. The molecule has 1 unspecified atom stereocenters. The van der Waals surface area contributed by atoms with Crippen molar-refractivity contribution in [1.29, 1.82) is 0 Å². The summed E-state index contributed by atoms with van der Waals surface area (Å²) in [6.07, 6.45) is -4.65. The number of aryl methyl sites for hydroxylation is 1. The number of alkyl halides is 3. The second-order valence-corrected chi connectivity index (χ2v) is 6.89. The summed E-state index contributed by atoms with van der Waals surface area (Å²) in [4.78, 5) is 23.5. The number of benzene rings is 1. The summed E-state index contributed by atoms with van der Waals surface area (Å²) in [5, 5.41) is 0. The van der Waals surface area contributed by atoms with E-state index in [1.807, 2.05) is 0 Å². The number of halogens is 4. The van der Waals surface area contributed by atoms with E-state index in [1.54, 1.807) is 0 Å². The average Bonchev–Trinajstić information content (AvgIpc) is 2.47. The smallest absolute Gasteiger partial charge is 0.296 e. The molecule has 0 radical (unpaired) electrons. The Morgan fingerprint density at radius 1 is 1.08 bits per heavy atom. The highest BCUT2D eigenvalue weighted by Gasteiger charge is 2.32. The summed E-state index contributed by atoms with van der Waals surface area (Å²) in [5.74, 6) is -2.41. The second-order valence-electron chi connectivity index (χ2n) is 5.47. The topological polar surface area (TPSA) is 61.1 Å². The summed E-state index contributed by atoms with van der Waals surface area (Å²) in [7, 11) is 0.0934. The largest absolute Gasteiger partial charge is 0.400 e. The highest BCUT2D eigenvalue weighted by atomic mass is 32.2. The fourth-order valence-corrected chi connectivity index (χ4v) is 3.43. The molecule has 0 N–H and O–H groups in total. The highest BCUT2D eigenvalue weighted by Crippen LogP contribution is 2.28. The molecule has 25 heavy (non-hydrogen) atoms. The van der Waals surface area contributed by atoms with Crippen LogP contribution in [0, 0.1) is 12.7 Å². The first-order chi connectivity index (χ1) is 11.4. The molecule has 1 heterocycles. The number of aromatic nitrogens is 2. The zero-order valence-corrected chi connectivity index (χ0v) is 14.3. The van der Waals surface area contributed by atoms with Crippen LogP contribution in [0.3, 0.4) is 0 Å². The van der Waals surface area contributed by atoms with Crippen LogP contribution in [0.5, 0.6) is 0 Å². The standard InChI is InChI=1S/C15H14F4N2O3S/c1-8-4-10(16)9(5-12(8)25(24)7-15(17,18)19)11-6-13(22)21(3)14(23)20(11)2/h4-6H,7H2,1-3H3. The van der Waals surface area contributed by atoms with Crippen LogP contribution in [0.1, 0.15) is 5.56 Å². The van der Waals surface area contributed by atoms with E-state index in [1.165, 1.54) is 21.0 Å². The van der Waals surface area contributed by atoms with Gasteiger partial charge in [-0.3, -0.25) is 18.1 Å². The fraction of sp³-hybridized carbons (Fsp3) is 0.333. The lowest BCUT2D eigenvalue weighted by Gasteiger charge is -2.14. The molecule has 1 aromatic heterocycles. The van der Waals surface area contributed by atoms with E-state index >= 15 is 0 Å². The van der Waals surface area contributed by atoms with Gasteiger partial charge in [0.25, 0.3) is 5.56 Å². The van der Waals surface area contributed by atoms with Gasteiger partial charge in [-0.15, -0.1) is 0 Å². The third-order valence-electron chi connectivity index (χ3n) is 3.61. The van der Waals surface area contributed by atoms with Crippen LogP contribution < -0.4 is 11.2 Å². The van der Waals surface area contributed by atoms with Crippen LogP contribution in [0.4, 0.5) is 17.6 Å². The van der Waals surface area contributed by atoms with E-state index in [-0.39, 0.29) is 21.7 Å². The molecule has 10 heteroatoms. The third-order valence-corrected chi connectivity index (χ3v) is 5.13. The third kappa shape index (κ3) is 3.89. The Hall–Kier alpha value is -2.23. The Bertz CT molecular complexity index is 976. The predicted octanol–water partition coefficient (Wildman–Crippen LogP) is 1.87. The molecule has 0 amide bonds. The summed E-state index contributed by atoms with van der Waals surface area (Å²) < 4.78 is 65.5. The van der Waals surface area contributed by atoms with E-state index in [4.69, 9.17) is 0 Å². The average molecular weight is 378 g/mol. The molecule has 0 fully saturated rings. The van der Waals surface area contributed by atoms with E-state index in [2.05, 4.69) is 0 Å². The molecule has 0 aliphatic carbocycles. The molecule has 0 saturated carbocycles. The van der Waals surface area contributed by atoms with Gasteiger partial charge in [-0.05, 0) is 24.6 Å². The quantitative estimate of drug-likeness (QED) is 0.766. The van der Waals surface area contributed by atoms with Crippen molar-refractivity contribution in [3.8, 4) is 11.3 Å². The molecule has 5 nitrogen and oxygen atoms in total. The number of hydrogen-bond donors (Lipinski definition) is 0. The zero-order chi connectivity index (χ0) is 19.1. The van der Waals surface area contributed by atoms with Crippen molar-refractivity contribution < 1.29 is 21.8 Å². The van der Waals surface area contributed by atoms with Gasteiger partial charge in [0.2, 0.25) is 0 Å². The first-order valence-corrected chi connectivity index (χ1v) is 8.27. The molecule has 0 aliphatic heterocycles. The summed E-state index contributed by atoms with van der Waals surface area (Å²) in [5.41, 5.74) is -1.72. The summed E-state index contributed by atoms with van der Waals surface area (Å²) >= 11 is 0. The Morgan fingerprint density at radius 3 is 2.24 bits per heavy atom. The minimum absolute atomic E-state index is 0.0812. The lowest BCUT2D eigenvalue weighted by atomic mass is 10.1. The van der Waals surface area contributed by atoms with Crippen LogP contribution >= 0.6 is 0 Å². The monoisotopic (exact) mass is 378 g/mol. The normalized spacial score (nSPS) is 13.1. The molecular formula is C15H14F4N2O3S.